The fraction of sp³-hybridized carbons (Fsp3) is 0.500. The maximum absolute atomic E-state index is 11.7. The number of aliphatic hydroxyl groups excluding tert-OH is 1. The molecule has 0 atom stereocenters. The third-order valence-corrected chi connectivity index (χ3v) is 2.55. The van der Waals surface area contributed by atoms with Crippen LogP contribution in [0.1, 0.15) is 26.3 Å². The molecule has 0 aliphatic rings. The van der Waals surface area contributed by atoms with Crippen LogP contribution in [0.4, 0.5) is 10.5 Å². The molecule has 0 bridgehead atoms. The standard InChI is InChI=1S/C12H16Cl2N2O3/c1-12(2,3)19-11(18)15-8-6-9(13)16-10(14)7(8)4-5-17/h6,17H,4-5H2,1-3H3,(H,15,16,18). The molecule has 2 N–H and O–H groups in total. The van der Waals surface area contributed by atoms with Crippen LogP contribution in [0.25, 0.3) is 0 Å². The number of aromatic nitrogens is 1. The van der Waals surface area contributed by atoms with E-state index in [1.54, 1.807) is 20.8 Å². The molecule has 106 valence electrons. The van der Waals surface area contributed by atoms with Crippen molar-refractivity contribution in [3.05, 3.63) is 21.9 Å². The normalized spacial score (nSPS) is 11.3. The maximum atomic E-state index is 11.7. The van der Waals surface area contributed by atoms with Gasteiger partial charge in [0.25, 0.3) is 0 Å². The molecule has 1 aromatic heterocycles. The fourth-order valence-corrected chi connectivity index (χ4v) is 1.91. The van der Waals surface area contributed by atoms with Crippen molar-refractivity contribution in [3.8, 4) is 0 Å². The van der Waals surface area contributed by atoms with E-state index in [-0.39, 0.29) is 23.3 Å². The number of amides is 1. The summed E-state index contributed by atoms with van der Waals surface area (Å²) in [6.45, 7) is 5.15. The molecule has 0 aliphatic carbocycles. The molecule has 1 amide bonds. The fourth-order valence-electron chi connectivity index (χ4n) is 1.39. The Kier molecular flexibility index (Phi) is 5.40. The van der Waals surface area contributed by atoms with E-state index in [9.17, 15) is 4.79 Å². The van der Waals surface area contributed by atoms with Gasteiger partial charge < -0.3 is 9.84 Å². The number of carbonyl (C=O) groups is 1. The highest BCUT2D eigenvalue weighted by molar-refractivity contribution is 6.33. The van der Waals surface area contributed by atoms with Gasteiger partial charge in [0.15, 0.2) is 0 Å². The minimum Gasteiger partial charge on any atom is -0.444 e. The summed E-state index contributed by atoms with van der Waals surface area (Å²) in [6, 6.07) is 1.46. The highest BCUT2D eigenvalue weighted by Crippen LogP contribution is 2.27. The zero-order valence-corrected chi connectivity index (χ0v) is 12.5. The van der Waals surface area contributed by atoms with Crippen molar-refractivity contribution >= 4 is 35.0 Å². The summed E-state index contributed by atoms with van der Waals surface area (Å²) in [7, 11) is 0. The van der Waals surface area contributed by atoms with Gasteiger partial charge in [0.2, 0.25) is 0 Å². The Balaban J connectivity index is 2.96. The summed E-state index contributed by atoms with van der Waals surface area (Å²) in [5.41, 5.74) is 0.287. The number of nitrogens with one attached hydrogen (secondary N) is 1. The Morgan fingerprint density at radius 3 is 2.63 bits per heavy atom. The Hall–Kier alpha value is -1.04. The predicted octanol–water partition coefficient (Wildman–Crippen LogP) is 3.27. The molecular formula is C12H16Cl2N2O3. The summed E-state index contributed by atoms with van der Waals surface area (Å²) in [4.78, 5) is 15.6. The number of rotatable bonds is 3. The van der Waals surface area contributed by atoms with Crippen LogP contribution in [0.3, 0.4) is 0 Å². The number of pyridine rings is 1. The minimum atomic E-state index is -0.620. The summed E-state index contributed by atoms with van der Waals surface area (Å²) < 4.78 is 5.14. The third-order valence-electron chi connectivity index (χ3n) is 2.04. The van der Waals surface area contributed by atoms with Gasteiger partial charge in [-0.1, -0.05) is 23.2 Å². The molecule has 0 aromatic carbocycles. The Morgan fingerprint density at radius 2 is 2.11 bits per heavy atom. The van der Waals surface area contributed by atoms with Crippen LogP contribution in [0, 0.1) is 0 Å². The molecule has 7 heteroatoms. The van der Waals surface area contributed by atoms with E-state index in [0.717, 1.165) is 0 Å². The van der Waals surface area contributed by atoms with E-state index in [2.05, 4.69) is 10.3 Å². The van der Waals surface area contributed by atoms with Gasteiger partial charge in [-0.2, -0.15) is 0 Å². The van der Waals surface area contributed by atoms with E-state index in [4.69, 9.17) is 33.0 Å². The SMILES string of the molecule is CC(C)(C)OC(=O)Nc1cc(Cl)nc(Cl)c1CCO. The molecule has 1 heterocycles. The van der Waals surface area contributed by atoms with Crippen LogP contribution in [0.15, 0.2) is 6.07 Å². The molecule has 0 saturated carbocycles. The number of carbonyl (C=O) groups excluding carboxylic acids is 1. The zero-order valence-electron chi connectivity index (χ0n) is 11.0. The summed E-state index contributed by atoms with van der Waals surface area (Å²) >= 11 is 11.7. The lowest BCUT2D eigenvalue weighted by atomic mass is 10.2. The molecule has 5 nitrogen and oxygen atoms in total. The van der Waals surface area contributed by atoms with E-state index in [1.165, 1.54) is 6.07 Å². The molecular weight excluding hydrogens is 291 g/mol. The number of halogens is 2. The van der Waals surface area contributed by atoms with Crippen LogP contribution >= 0.6 is 23.2 Å². The minimum absolute atomic E-state index is 0.119. The monoisotopic (exact) mass is 306 g/mol. The summed E-state index contributed by atoms with van der Waals surface area (Å²) in [6.07, 6.45) is -0.362. The van der Waals surface area contributed by atoms with Gasteiger partial charge in [-0.15, -0.1) is 0 Å². The van der Waals surface area contributed by atoms with E-state index in [0.29, 0.717) is 11.3 Å². The van der Waals surface area contributed by atoms with Crippen LogP contribution < -0.4 is 5.32 Å². The number of anilines is 1. The van der Waals surface area contributed by atoms with Crippen molar-refractivity contribution in [1.82, 2.24) is 4.98 Å². The van der Waals surface area contributed by atoms with Crippen molar-refractivity contribution < 1.29 is 14.6 Å². The number of aliphatic hydroxyl groups is 1. The largest absolute Gasteiger partial charge is 0.444 e. The Bertz CT molecular complexity index is 473. The number of hydrogen-bond donors (Lipinski definition) is 2. The van der Waals surface area contributed by atoms with Crippen LogP contribution in [-0.4, -0.2) is 28.4 Å². The first kappa shape index (κ1) is 16.0. The predicted molar refractivity (Wildman–Crippen MR) is 74.9 cm³/mol. The van der Waals surface area contributed by atoms with E-state index < -0.39 is 11.7 Å². The molecule has 1 aromatic rings. The van der Waals surface area contributed by atoms with Crippen molar-refractivity contribution in [2.75, 3.05) is 11.9 Å². The molecule has 0 spiro atoms. The maximum Gasteiger partial charge on any atom is 0.412 e. The van der Waals surface area contributed by atoms with Gasteiger partial charge in [-0.05, 0) is 26.8 Å². The van der Waals surface area contributed by atoms with Crippen LogP contribution in [-0.2, 0) is 11.2 Å². The number of nitrogens with zero attached hydrogens (tertiary/aromatic N) is 1. The molecule has 0 fully saturated rings. The highest BCUT2D eigenvalue weighted by atomic mass is 35.5. The Morgan fingerprint density at radius 1 is 1.47 bits per heavy atom. The van der Waals surface area contributed by atoms with Gasteiger partial charge >= 0.3 is 6.09 Å². The van der Waals surface area contributed by atoms with Crippen molar-refractivity contribution in [1.29, 1.82) is 0 Å². The van der Waals surface area contributed by atoms with Gasteiger partial charge in [-0.3, -0.25) is 5.32 Å². The first-order valence-electron chi connectivity index (χ1n) is 5.68. The van der Waals surface area contributed by atoms with Gasteiger partial charge in [0.05, 0.1) is 5.69 Å². The first-order valence-corrected chi connectivity index (χ1v) is 6.44. The third kappa shape index (κ3) is 5.22. The first-order chi connectivity index (χ1) is 8.73. The van der Waals surface area contributed by atoms with Crippen molar-refractivity contribution in [2.45, 2.75) is 32.8 Å². The van der Waals surface area contributed by atoms with Crippen molar-refractivity contribution in [3.63, 3.8) is 0 Å². The lowest BCUT2D eigenvalue weighted by molar-refractivity contribution is 0.0635. The number of ether oxygens (including phenoxy) is 1. The Labute approximate surface area is 121 Å². The van der Waals surface area contributed by atoms with Crippen LogP contribution in [0.5, 0.6) is 0 Å². The molecule has 0 saturated heterocycles. The van der Waals surface area contributed by atoms with Crippen LogP contribution in [0.2, 0.25) is 10.3 Å². The summed E-state index contributed by atoms with van der Waals surface area (Å²) in [5, 5.41) is 11.8. The second-order valence-electron chi connectivity index (χ2n) is 4.86. The lowest BCUT2D eigenvalue weighted by Crippen LogP contribution is -2.27. The lowest BCUT2D eigenvalue weighted by Gasteiger charge is -2.20. The second kappa shape index (κ2) is 6.41. The molecule has 0 radical (unpaired) electrons. The smallest absolute Gasteiger partial charge is 0.412 e. The molecule has 0 unspecified atom stereocenters. The van der Waals surface area contributed by atoms with Gasteiger partial charge in [0.1, 0.15) is 15.9 Å². The quantitative estimate of drug-likeness (QED) is 0.841. The highest BCUT2D eigenvalue weighted by Gasteiger charge is 2.18. The average molecular weight is 307 g/mol. The summed E-state index contributed by atoms with van der Waals surface area (Å²) in [5.74, 6) is 0. The van der Waals surface area contributed by atoms with Gasteiger partial charge in [-0.25, -0.2) is 9.78 Å². The van der Waals surface area contributed by atoms with E-state index >= 15 is 0 Å². The molecule has 1 rings (SSSR count). The number of hydrogen-bond acceptors (Lipinski definition) is 4. The topological polar surface area (TPSA) is 71.5 Å². The van der Waals surface area contributed by atoms with E-state index in [1.807, 2.05) is 0 Å². The van der Waals surface area contributed by atoms with Gasteiger partial charge in [0, 0.05) is 18.6 Å². The van der Waals surface area contributed by atoms with Crippen molar-refractivity contribution in [2.24, 2.45) is 0 Å². The molecule has 19 heavy (non-hydrogen) atoms. The second-order valence-corrected chi connectivity index (χ2v) is 5.61. The average Bonchev–Trinajstić information content (AvgIpc) is 2.20. The molecule has 0 aliphatic heterocycles. The zero-order chi connectivity index (χ0) is 14.6.